The molecule has 0 aliphatic carbocycles. The molecule has 0 bridgehead atoms. The van der Waals surface area contributed by atoms with Crippen molar-refractivity contribution in [1.29, 1.82) is 0 Å². The van der Waals surface area contributed by atoms with Crippen LogP contribution in [0, 0.1) is 5.82 Å². The molecule has 3 nitrogen and oxygen atoms in total. The van der Waals surface area contributed by atoms with Gasteiger partial charge in [0.15, 0.2) is 0 Å². The summed E-state index contributed by atoms with van der Waals surface area (Å²) in [6.45, 7) is 0.602. The normalized spacial score (nSPS) is 10.4. The molecule has 16 heavy (non-hydrogen) atoms. The standard InChI is InChI=1S/C11H13FO3S/c1-15-4-5-16-7-9-6-8(11(13)14)2-3-10(9)12/h2-3,6H,4-5,7H2,1H3,(H,13,14). The van der Waals surface area contributed by atoms with Crippen molar-refractivity contribution in [3.05, 3.63) is 35.1 Å². The minimum Gasteiger partial charge on any atom is -0.478 e. The maximum absolute atomic E-state index is 13.3. The summed E-state index contributed by atoms with van der Waals surface area (Å²) in [4.78, 5) is 10.7. The summed E-state index contributed by atoms with van der Waals surface area (Å²) in [5.74, 6) is -0.193. The minimum atomic E-state index is -1.04. The lowest BCUT2D eigenvalue weighted by atomic mass is 10.1. The van der Waals surface area contributed by atoms with Gasteiger partial charge < -0.3 is 9.84 Å². The van der Waals surface area contributed by atoms with Crippen LogP contribution in [0.1, 0.15) is 15.9 Å². The topological polar surface area (TPSA) is 46.5 Å². The number of thioether (sulfide) groups is 1. The van der Waals surface area contributed by atoms with E-state index < -0.39 is 5.97 Å². The van der Waals surface area contributed by atoms with Crippen molar-refractivity contribution in [2.75, 3.05) is 19.5 Å². The van der Waals surface area contributed by atoms with E-state index in [1.807, 2.05) is 0 Å². The van der Waals surface area contributed by atoms with Crippen LogP contribution in [0.4, 0.5) is 4.39 Å². The lowest BCUT2D eigenvalue weighted by Gasteiger charge is -2.04. The second-order valence-electron chi connectivity index (χ2n) is 3.16. The van der Waals surface area contributed by atoms with Crippen molar-refractivity contribution in [3.8, 4) is 0 Å². The van der Waals surface area contributed by atoms with Gasteiger partial charge in [0.1, 0.15) is 5.82 Å². The van der Waals surface area contributed by atoms with Crippen LogP contribution in [-0.4, -0.2) is 30.5 Å². The van der Waals surface area contributed by atoms with Gasteiger partial charge >= 0.3 is 5.97 Å². The van der Waals surface area contributed by atoms with E-state index in [1.165, 1.54) is 30.0 Å². The van der Waals surface area contributed by atoms with Crippen LogP contribution in [0.3, 0.4) is 0 Å². The Balaban J connectivity index is 2.63. The second-order valence-corrected chi connectivity index (χ2v) is 4.26. The zero-order valence-electron chi connectivity index (χ0n) is 8.90. The Bertz CT molecular complexity index is 368. The maximum Gasteiger partial charge on any atom is 0.335 e. The molecule has 1 rings (SSSR count). The number of methoxy groups -OCH3 is 1. The van der Waals surface area contributed by atoms with Crippen molar-refractivity contribution in [3.63, 3.8) is 0 Å². The van der Waals surface area contributed by atoms with Gasteiger partial charge in [-0.2, -0.15) is 11.8 Å². The molecule has 0 aromatic heterocycles. The van der Waals surface area contributed by atoms with Gasteiger partial charge in [0.25, 0.3) is 0 Å². The smallest absolute Gasteiger partial charge is 0.335 e. The summed E-state index contributed by atoms with van der Waals surface area (Å²) in [7, 11) is 1.60. The van der Waals surface area contributed by atoms with Crippen molar-refractivity contribution in [1.82, 2.24) is 0 Å². The fourth-order valence-corrected chi connectivity index (χ4v) is 2.01. The summed E-state index contributed by atoms with van der Waals surface area (Å²) < 4.78 is 18.2. The molecular weight excluding hydrogens is 231 g/mol. The van der Waals surface area contributed by atoms with E-state index in [0.717, 1.165) is 5.75 Å². The molecule has 0 aliphatic rings. The fraction of sp³-hybridized carbons (Fsp3) is 0.364. The van der Waals surface area contributed by atoms with E-state index in [2.05, 4.69) is 0 Å². The molecule has 0 fully saturated rings. The van der Waals surface area contributed by atoms with Crippen molar-refractivity contribution in [2.24, 2.45) is 0 Å². The SMILES string of the molecule is COCCSCc1cc(C(=O)O)ccc1F. The van der Waals surface area contributed by atoms with Gasteiger partial charge in [-0.25, -0.2) is 9.18 Å². The summed E-state index contributed by atoms with van der Waals surface area (Å²) in [5, 5.41) is 8.76. The Morgan fingerprint density at radius 3 is 2.94 bits per heavy atom. The van der Waals surface area contributed by atoms with Gasteiger partial charge in [0, 0.05) is 18.6 Å². The molecule has 1 N–H and O–H groups in total. The van der Waals surface area contributed by atoms with Crippen LogP contribution in [0.15, 0.2) is 18.2 Å². The largest absolute Gasteiger partial charge is 0.478 e. The van der Waals surface area contributed by atoms with Gasteiger partial charge in [-0.15, -0.1) is 0 Å². The number of halogens is 1. The highest BCUT2D eigenvalue weighted by Gasteiger charge is 2.08. The van der Waals surface area contributed by atoms with E-state index in [9.17, 15) is 9.18 Å². The number of carboxylic acids is 1. The molecule has 0 amide bonds. The number of ether oxygens (including phenoxy) is 1. The van der Waals surface area contributed by atoms with Crippen LogP contribution in [-0.2, 0) is 10.5 Å². The third-order valence-corrected chi connectivity index (χ3v) is 2.95. The average Bonchev–Trinajstić information content (AvgIpc) is 2.26. The predicted molar refractivity (Wildman–Crippen MR) is 61.4 cm³/mol. The number of hydrogen-bond acceptors (Lipinski definition) is 3. The Hall–Kier alpha value is -1.07. The number of hydrogen-bond donors (Lipinski definition) is 1. The second kappa shape index (κ2) is 6.50. The summed E-state index contributed by atoms with van der Waals surface area (Å²) in [5.41, 5.74) is 0.532. The monoisotopic (exact) mass is 244 g/mol. The third-order valence-electron chi connectivity index (χ3n) is 1.98. The van der Waals surface area contributed by atoms with Crippen molar-refractivity contribution >= 4 is 17.7 Å². The first-order valence-electron chi connectivity index (χ1n) is 4.73. The summed E-state index contributed by atoms with van der Waals surface area (Å²) >= 11 is 1.51. The highest BCUT2D eigenvalue weighted by molar-refractivity contribution is 7.98. The molecular formula is C11H13FO3S. The number of rotatable bonds is 6. The lowest BCUT2D eigenvalue weighted by molar-refractivity contribution is 0.0696. The minimum absolute atomic E-state index is 0.115. The van der Waals surface area contributed by atoms with E-state index in [0.29, 0.717) is 17.9 Å². The zero-order chi connectivity index (χ0) is 12.0. The van der Waals surface area contributed by atoms with Crippen LogP contribution in [0.5, 0.6) is 0 Å². The average molecular weight is 244 g/mol. The molecule has 0 unspecified atom stereocenters. The molecule has 0 radical (unpaired) electrons. The molecule has 0 spiro atoms. The van der Waals surface area contributed by atoms with E-state index >= 15 is 0 Å². The molecule has 0 saturated heterocycles. The number of carbonyl (C=O) groups is 1. The Morgan fingerprint density at radius 2 is 2.31 bits per heavy atom. The first kappa shape index (κ1) is 13.0. The van der Waals surface area contributed by atoms with Gasteiger partial charge in [-0.1, -0.05) is 0 Å². The highest BCUT2D eigenvalue weighted by atomic mass is 32.2. The number of benzene rings is 1. The van der Waals surface area contributed by atoms with Gasteiger partial charge in [-0.05, 0) is 23.8 Å². The maximum atomic E-state index is 13.3. The fourth-order valence-electron chi connectivity index (χ4n) is 1.14. The Morgan fingerprint density at radius 1 is 1.56 bits per heavy atom. The first-order valence-corrected chi connectivity index (χ1v) is 5.89. The molecule has 1 aromatic carbocycles. The molecule has 0 saturated carbocycles. The Kier molecular flexibility index (Phi) is 5.28. The predicted octanol–water partition coefficient (Wildman–Crippen LogP) is 2.40. The van der Waals surface area contributed by atoms with Crippen LogP contribution >= 0.6 is 11.8 Å². The van der Waals surface area contributed by atoms with Crippen molar-refractivity contribution < 1.29 is 19.0 Å². The third kappa shape index (κ3) is 3.83. The van der Waals surface area contributed by atoms with Gasteiger partial charge in [0.2, 0.25) is 0 Å². The van der Waals surface area contributed by atoms with Gasteiger partial charge in [0.05, 0.1) is 12.2 Å². The van der Waals surface area contributed by atoms with E-state index in [-0.39, 0.29) is 11.4 Å². The quantitative estimate of drug-likeness (QED) is 0.780. The van der Waals surface area contributed by atoms with E-state index in [1.54, 1.807) is 7.11 Å². The molecule has 1 aromatic rings. The lowest BCUT2D eigenvalue weighted by Crippen LogP contribution is -2.00. The number of aromatic carboxylic acids is 1. The van der Waals surface area contributed by atoms with Crippen LogP contribution in [0.25, 0.3) is 0 Å². The molecule has 0 aliphatic heterocycles. The molecule has 0 heterocycles. The van der Waals surface area contributed by atoms with Crippen LogP contribution < -0.4 is 0 Å². The number of carboxylic acid groups (broad SMARTS) is 1. The van der Waals surface area contributed by atoms with Crippen LogP contribution in [0.2, 0.25) is 0 Å². The molecule has 88 valence electrons. The molecule has 5 heteroatoms. The van der Waals surface area contributed by atoms with Crippen molar-refractivity contribution in [2.45, 2.75) is 5.75 Å². The van der Waals surface area contributed by atoms with Gasteiger partial charge in [-0.3, -0.25) is 0 Å². The molecule has 0 atom stereocenters. The summed E-state index contributed by atoms with van der Waals surface area (Å²) in [6, 6.07) is 3.83. The van der Waals surface area contributed by atoms with E-state index in [4.69, 9.17) is 9.84 Å². The Labute approximate surface area is 97.6 Å². The highest BCUT2D eigenvalue weighted by Crippen LogP contribution is 2.17. The summed E-state index contributed by atoms with van der Waals surface area (Å²) in [6.07, 6.45) is 0. The first-order chi connectivity index (χ1) is 7.65. The zero-order valence-corrected chi connectivity index (χ0v) is 9.72.